The molecule has 0 aromatic carbocycles. The van der Waals surface area contributed by atoms with Gasteiger partial charge in [-0.25, -0.2) is 4.79 Å². The number of hydrogen-bond donors (Lipinski definition) is 1. The fraction of sp³-hybridized carbons (Fsp3) is 0.800. The van der Waals surface area contributed by atoms with Gasteiger partial charge < -0.3 is 14.7 Å². The molecule has 2 rings (SSSR count). The van der Waals surface area contributed by atoms with Gasteiger partial charge in [0.05, 0.1) is 6.61 Å². The van der Waals surface area contributed by atoms with Crippen LogP contribution in [0.5, 0.6) is 0 Å². The van der Waals surface area contributed by atoms with E-state index < -0.39 is 11.5 Å². The number of rotatable bonds is 4. The first kappa shape index (κ1) is 10.4. The maximum Gasteiger partial charge on any atom is 0.332 e. The van der Waals surface area contributed by atoms with E-state index in [1.807, 2.05) is 0 Å². The number of hydrogen-bond acceptors (Lipinski definition) is 3. The molecule has 0 bridgehead atoms. The van der Waals surface area contributed by atoms with Crippen molar-refractivity contribution in [1.82, 2.24) is 4.90 Å². The van der Waals surface area contributed by atoms with E-state index in [0.717, 1.165) is 12.8 Å². The second-order valence-corrected chi connectivity index (χ2v) is 4.24. The molecule has 1 atom stereocenters. The van der Waals surface area contributed by atoms with Crippen molar-refractivity contribution in [3.05, 3.63) is 0 Å². The van der Waals surface area contributed by atoms with Crippen molar-refractivity contribution >= 4 is 12.4 Å². The lowest BCUT2D eigenvalue weighted by Crippen LogP contribution is -2.59. The minimum Gasteiger partial charge on any atom is -0.479 e. The molecule has 2 aliphatic rings. The van der Waals surface area contributed by atoms with Crippen LogP contribution < -0.4 is 0 Å². The van der Waals surface area contributed by atoms with Crippen LogP contribution >= 0.6 is 0 Å². The van der Waals surface area contributed by atoms with Gasteiger partial charge in [-0.2, -0.15) is 0 Å². The van der Waals surface area contributed by atoms with Crippen LogP contribution in [0.1, 0.15) is 25.7 Å². The summed E-state index contributed by atoms with van der Waals surface area (Å²) in [4.78, 5) is 23.8. The molecule has 0 radical (unpaired) electrons. The van der Waals surface area contributed by atoms with Gasteiger partial charge in [-0.1, -0.05) is 0 Å². The molecule has 0 aromatic heterocycles. The second kappa shape index (κ2) is 3.81. The van der Waals surface area contributed by atoms with Crippen LogP contribution in [0, 0.1) is 0 Å². The van der Waals surface area contributed by atoms with Gasteiger partial charge in [0.1, 0.15) is 0 Å². The Morgan fingerprint density at radius 1 is 1.53 bits per heavy atom. The maximum absolute atomic E-state index is 11.3. The zero-order valence-corrected chi connectivity index (χ0v) is 8.52. The number of ether oxygens (including phenoxy) is 1. The lowest BCUT2D eigenvalue weighted by atomic mass is 9.90. The molecule has 1 aliphatic heterocycles. The molecule has 15 heavy (non-hydrogen) atoms. The number of carbonyl (C=O) groups is 2. The van der Waals surface area contributed by atoms with E-state index in [0.29, 0.717) is 25.9 Å². The number of aliphatic carboxylic acids is 1. The first-order valence-electron chi connectivity index (χ1n) is 5.25. The van der Waals surface area contributed by atoms with Gasteiger partial charge in [0.15, 0.2) is 5.54 Å². The number of carbonyl (C=O) groups excluding carboxylic acids is 1. The SMILES string of the molecule is O=CN(C1CC1)C1(C(=O)O)CCCOC1. The molecule has 0 aromatic rings. The van der Waals surface area contributed by atoms with E-state index in [-0.39, 0.29) is 12.6 Å². The predicted molar refractivity (Wildman–Crippen MR) is 51.3 cm³/mol. The highest BCUT2D eigenvalue weighted by Crippen LogP contribution is 2.36. The van der Waals surface area contributed by atoms with Crippen molar-refractivity contribution in [2.24, 2.45) is 0 Å². The van der Waals surface area contributed by atoms with Crippen molar-refractivity contribution in [3.63, 3.8) is 0 Å². The van der Waals surface area contributed by atoms with Crippen LogP contribution in [0.3, 0.4) is 0 Å². The third-order valence-corrected chi connectivity index (χ3v) is 3.17. The van der Waals surface area contributed by atoms with Crippen molar-refractivity contribution in [2.75, 3.05) is 13.2 Å². The number of carboxylic acids is 1. The summed E-state index contributed by atoms with van der Waals surface area (Å²) in [5.74, 6) is -0.943. The molecule has 1 aliphatic carbocycles. The number of nitrogens with zero attached hydrogens (tertiary/aromatic N) is 1. The summed E-state index contributed by atoms with van der Waals surface area (Å²) >= 11 is 0. The predicted octanol–water partition coefficient (Wildman–Crippen LogP) is 0.241. The molecule has 1 amide bonds. The Hall–Kier alpha value is -1.10. The van der Waals surface area contributed by atoms with Crippen molar-refractivity contribution < 1.29 is 19.4 Å². The van der Waals surface area contributed by atoms with Crippen LogP contribution in [-0.4, -0.2) is 47.2 Å². The lowest BCUT2D eigenvalue weighted by molar-refractivity contribution is -0.165. The van der Waals surface area contributed by atoms with E-state index in [9.17, 15) is 14.7 Å². The van der Waals surface area contributed by atoms with Crippen molar-refractivity contribution in [3.8, 4) is 0 Å². The summed E-state index contributed by atoms with van der Waals surface area (Å²) in [5, 5.41) is 9.29. The topological polar surface area (TPSA) is 66.8 Å². The van der Waals surface area contributed by atoms with Crippen LogP contribution in [0.2, 0.25) is 0 Å². The highest BCUT2D eigenvalue weighted by molar-refractivity contribution is 5.82. The number of carboxylic acid groups (broad SMARTS) is 1. The Morgan fingerprint density at radius 2 is 2.27 bits per heavy atom. The second-order valence-electron chi connectivity index (χ2n) is 4.24. The van der Waals surface area contributed by atoms with Crippen molar-refractivity contribution in [1.29, 1.82) is 0 Å². The molecular formula is C10H15NO4. The van der Waals surface area contributed by atoms with Crippen LogP contribution in [0.4, 0.5) is 0 Å². The molecule has 1 N–H and O–H groups in total. The fourth-order valence-corrected chi connectivity index (χ4v) is 2.15. The monoisotopic (exact) mass is 213 g/mol. The molecule has 5 heteroatoms. The summed E-state index contributed by atoms with van der Waals surface area (Å²) in [6.45, 7) is 0.712. The lowest BCUT2D eigenvalue weighted by Gasteiger charge is -2.40. The summed E-state index contributed by atoms with van der Waals surface area (Å²) in [6.07, 6.45) is 3.68. The molecule has 1 saturated carbocycles. The Kier molecular flexibility index (Phi) is 2.65. The Bertz CT molecular complexity index is 269. The zero-order valence-electron chi connectivity index (χ0n) is 8.52. The molecule has 1 unspecified atom stereocenters. The maximum atomic E-state index is 11.3. The molecule has 2 fully saturated rings. The van der Waals surface area contributed by atoms with Crippen LogP contribution in [0.15, 0.2) is 0 Å². The van der Waals surface area contributed by atoms with Gasteiger partial charge in [-0.3, -0.25) is 4.79 Å². The first-order valence-corrected chi connectivity index (χ1v) is 5.25. The van der Waals surface area contributed by atoms with Gasteiger partial charge in [-0.05, 0) is 25.7 Å². The van der Waals surface area contributed by atoms with Gasteiger partial charge in [0.2, 0.25) is 6.41 Å². The van der Waals surface area contributed by atoms with E-state index in [1.54, 1.807) is 0 Å². The minimum absolute atomic E-state index is 0.111. The highest BCUT2D eigenvalue weighted by atomic mass is 16.5. The Morgan fingerprint density at radius 3 is 2.67 bits per heavy atom. The third kappa shape index (κ3) is 1.71. The highest BCUT2D eigenvalue weighted by Gasteiger charge is 2.50. The molecule has 5 nitrogen and oxygen atoms in total. The first-order chi connectivity index (χ1) is 7.20. The summed E-state index contributed by atoms with van der Waals surface area (Å²) in [6, 6.07) is 0.111. The van der Waals surface area contributed by atoms with E-state index >= 15 is 0 Å². The quantitative estimate of drug-likeness (QED) is 0.679. The third-order valence-electron chi connectivity index (χ3n) is 3.17. The van der Waals surface area contributed by atoms with E-state index in [1.165, 1.54) is 4.90 Å². The van der Waals surface area contributed by atoms with Gasteiger partial charge in [-0.15, -0.1) is 0 Å². The largest absolute Gasteiger partial charge is 0.479 e. The normalized spacial score (nSPS) is 30.9. The van der Waals surface area contributed by atoms with Crippen LogP contribution in [0.25, 0.3) is 0 Å². The number of amides is 1. The van der Waals surface area contributed by atoms with Crippen LogP contribution in [-0.2, 0) is 14.3 Å². The summed E-state index contributed by atoms with van der Waals surface area (Å²) < 4.78 is 5.23. The summed E-state index contributed by atoms with van der Waals surface area (Å²) in [5.41, 5.74) is -1.11. The zero-order chi connectivity index (χ0) is 10.9. The van der Waals surface area contributed by atoms with Gasteiger partial charge >= 0.3 is 5.97 Å². The molecule has 0 spiro atoms. The smallest absolute Gasteiger partial charge is 0.332 e. The standard InChI is InChI=1S/C10H15NO4/c12-7-11(8-2-3-8)10(9(13)14)4-1-5-15-6-10/h7-8H,1-6H2,(H,13,14). The van der Waals surface area contributed by atoms with Gasteiger partial charge in [0, 0.05) is 12.6 Å². The average Bonchev–Trinajstić information content (AvgIpc) is 3.04. The Labute approximate surface area is 88.0 Å². The Balaban J connectivity index is 2.22. The molecule has 1 heterocycles. The minimum atomic E-state index is -1.11. The molecule has 1 saturated heterocycles. The van der Waals surface area contributed by atoms with Crippen molar-refractivity contribution in [2.45, 2.75) is 37.3 Å². The summed E-state index contributed by atoms with van der Waals surface area (Å²) in [7, 11) is 0. The van der Waals surface area contributed by atoms with Gasteiger partial charge in [0.25, 0.3) is 0 Å². The van der Waals surface area contributed by atoms with E-state index in [2.05, 4.69) is 0 Å². The van der Waals surface area contributed by atoms with E-state index in [4.69, 9.17) is 4.74 Å². The fourth-order valence-electron chi connectivity index (χ4n) is 2.15. The molecular weight excluding hydrogens is 198 g/mol. The molecule has 84 valence electrons. The average molecular weight is 213 g/mol.